The Hall–Kier alpha value is -0.490. The summed E-state index contributed by atoms with van der Waals surface area (Å²) in [5.74, 6) is 1.77. The molecular weight excluding hydrogens is 440 g/mol. The molecule has 7 aliphatic rings. The Morgan fingerprint density at radius 2 is 1.63 bits per heavy atom. The van der Waals surface area contributed by atoms with Gasteiger partial charge in [0.2, 0.25) is 0 Å². The van der Waals surface area contributed by atoms with Gasteiger partial charge in [-0.1, -0.05) is 27.7 Å². The lowest BCUT2D eigenvalue weighted by molar-refractivity contribution is -0.224. The molecule has 0 amide bonds. The first-order valence-electron chi connectivity index (χ1n) is 14.5. The lowest BCUT2D eigenvalue weighted by Crippen LogP contribution is -2.65. The van der Waals surface area contributed by atoms with E-state index in [1.54, 1.807) is 0 Å². The van der Waals surface area contributed by atoms with Gasteiger partial charge in [0.05, 0.1) is 17.8 Å². The van der Waals surface area contributed by atoms with Crippen molar-refractivity contribution < 1.29 is 24.5 Å². The van der Waals surface area contributed by atoms with Gasteiger partial charge in [0.25, 0.3) is 0 Å². The molecule has 0 aromatic carbocycles. The molecule has 0 spiro atoms. The SMILES string of the molecule is CC1(C)OC1C1CC(C2CCC34CC23CCC2C3(C)CCC(=O)C(C)(C)C3CC(O)C24C)C(O)O1. The maximum Gasteiger partial charge on any atom is 0.158 e. The fourth-order valence-corrected chi connectivity index (χ4v) is 12.2. The highest BCUT2D eigenvalue weighted by molar-refractivity contribution is 5.85. The zero-order valence-electron chi connectivity index (χ0n) is 22.6. The Kier molecular flexibility index (Phi) is 4.42. The molecule has 2 N–H and O–H groups in total. The number of rotatable bonds is 2. The van der Waals surface area contributed by atoms with Crippen molar-refractivity contribution in [2.75, 3.05) is 0 Å². The van der Waals surface area contributed by atoms with Crippen LogP contribution >= 0.6 is 0 Å². The number of aliphatic hydroxyl groups is 2. The summed E-state index contributed by atoms with van der Waals surface area (Å²) in [5, 5.41) is 23.0. The molecule has 2 heterocycles. The van der Waals surface area contributed by atoms with E-state index in [9.17, 15) is 15.0 Å². The number of carbonyl (C=O) groups is 1. The van der Waals surface area contributed by atoms with E-state index >= 15 is 0 Å². The van der Waals surface area contributed by atoms with Crippen molar-refractivity contribution in [1.29, 1.82) is 0 Å². The van der Waals surface area contributed by atoms with Crippen molar-refractivity contribution in [2.45, 2.75) is 130 Å². The molecule has 7 rings (SSSR count). The van der Waals surface area contributed by atoms with Crippen LogP contribution in [0.5, 0.6) is 0 Å². The van der Waals surface area contributed by atoms with Crippen LogP contribution in [0.2, 0.25) is 0 Å². The van der Waals surface area contributed by atoms with Crippen LogP contribution in [0.3, 0.4) is 0 Å². The number of carbonyl (C=O) groups excluding carboxylic acids is 1. The molecule has 2 saturated heterocycles. The summed E-state index contributed by atoms with van der Waals surface area (Å²) in [5.41, 5.74) is -0.0419. The van der Waals surface area contributed by atoms with E-state index in [1.807, 2.05) is 0 Å². The van der Waals surface area contributed by atoms with Gasteiger partial charge in [-0.15, -0.1) is 0 Å². The third-order valence-corrected chi connectivity index (χ3v) is 14.0. The van der Waals surface area contributed by atoms with Crippen LogP contribution in [-0.4, -0.2) is 46.2 Å². The molecule has 0 aromatic rings. The minimum atomic E-state index is -0.690. The molecule has 5 heteroatoms. The summed E-state index contributed by atoms with van der Waals surface area (Å²) in [6.45, 7) is 13.4. The molecule has 2 aliphatic heterocycles. The van der Waals surface area contributed by atoms with E-state index in [1.165, 1.54) is 19.3 Å². The first kappa shape index (κ1) is 23.6. The predicted molar refractivity (Wildman–Crippen MR) is 131 cm³/mol. The van der Waals surface area contributed by atoms with Gasteiger partial charge in [-0.2, -0.15) is 0 Å². The smallest absolute Gasteiger partial charge is 0.158 e. The number of ketones is 1. The van der Waals surface area contributed by atoms with Crippen LogP contribution in [0.25, 0.3) is 0 Å². The number of hydrogen-bond donors (Lipinski definition) is 2. The maximum absolute atomic E-state index is 12.9. The molecule has 12 atom stereocenters. The van der Waals surface area contributed by atoms with E-state index in [-0.39, 0.29) is 62.8 Å². The first-order chi connectivity index (χ1) is 16.2. The number of hydrogen-bond acceptors (Lipinski definition) is 5. The topological polar surface area (TPSA) is 79.3 Å². The number of ether oxygens (including phenoxy) is 2. The molecular formula is C30H46O5. The summed E-state index contributed by atoms with van der Waals surface area (Å²) in [6.07, 6.45) is 8.27. The second-order valence-electron chi connectivity index (χ2n) is 15.5. The fraction of sp³-hybridized carbons (Fsp3) is 0.967. The number of aliphatic hydroxyl groups excluding tert-OH is 2. The van der Waals surface area contributed by atoms with Gasteiger partial charge in [-0.05, 0) is 99.2 Å². The number of fused-ring (bicyclic) bond motifs is 3. The van der Waals surface area contributed by atoms with Crippen molar-refractivity contribution in [1.82, 2.24) is 0 Å². The van der Waals surface area contributed by atoms with E-state index in [0.717, 1.165) is 32.1 Å². The van der Waals surface area contributed by atoms with Crippen LogP contribution < -0.4 is 0 Å². The van der Waals surface area contributed by atoms with E-state index in [4.69, 9.17) is 9.47 Å². The third-order valence-electron chi connectivity index (χ3n) is 14.0. The molecule has 5 nitrogen and oxygen atoms in total. The van der Waals surface area contributed by atoms with Crippen molar-refractivity contribution in [3.05, 3.63) is 0 Å². The summed E-state index contributed by atoms with van der Waals surface area (Å²) >= 11 is 0. The van der Waals surface area contributed by atoms with Gasteiger partial charge < -0.3 is 19.7 Å². The molecule has 5 aliphatic carbocycles. The quantitative estimate of drug-likeness (QED) is 0.545. The number of epoxide rings is 1. The van der Waals surface area contributed by atoms with Crippen molar-refractivity contribution >= 4 is 5.78 Å². The van der Waals surface area contributed by atoms with Gasteiger partial charge >= 0.3 is 0 Å². The standard InChI is InChI=1S/C30H46O5/c1-25(2)20-14-22(32)28(6)19(27(20,5)10-9-21(25)31)8-11-29-15-30(28,29)12-7-17(29)16-13-18(34-24(16)33)23-26(3,4)35-23/h16-20,22-24,32-33H,7-15H2,1-6H3. The molecule has 12 unspecified atom stereocenters. The normalized spacial score (nSPS) is 61.4. The van der Waals surface area contributed by atoms with Gasteiger partial charge in [0, 0.05) is 23.2 Å². The van der Waals surface area contributed by atoms with Crippen molar-refractivity contribution in [3.63, 3.8) is 0 Å². The monoisotopic (exact) mass is 486 g/mol. The van der Waals surface area contributed by atoms with Gasteiger partial charge in [0.15, 0.2) is 6.29 Å². The highest BCUT2D eigenvalue weighted by atomic mass is 16.7. The summed E-state index contributed by atoms with van der Waals surface area (Å²) < 4.78 is 12.0. The average Bonchev–Trinajstić information content (AvgIpc) is 3.53. The van der Waals surface area contributed by atoms with Crippen molar-refractivity contribution in [3.8, 4) is 0 Å². The van der Waals surface area contributed by atoms with Crippen LogP contribution in [0.4, 0.5) is 0 Å². The first-order valence-corrected chi connectivity index (χ1v) is 14.5. The molecule has 196 valence electrons. The molecule has 0 radical (unpaired) electrons. The van der Waals surface area contributed by atoms with Crippen LogP contribution in [0.1, 0.15) is 99.3 Å². The van der Waals surface area contributed by atoms with E-state index < -0.39 is 6.29 Å². The Bertz CT molecular complexity index is 974. The Labute approximate surface area is 210 Å². The fourth-order valence-electron chi connectivity index (χ4n) is 12.2. The zero-order valence-corrected chi connectivity index (χ0v) is 22.6. The van der Waals surface area contributed by atoms with E-state index in [2.05, 4.69) is 41.5 Å². The predicted octanol–water partition coefficient (Wildman–Crippen LogP) is 4.87. The lowest BCUT2D eigenvalue weighted by atomic mass is 9.37. The Balaban J connectivity index is 1.20. The van der Waals surface area contributed by atoms with Crippen LogP contribution in [0.15, 0.2) is 0 Å². The molecule has 35 heavy (non-hydrogen) atoms. The summed E-state index contributed by atoms with van der Waals surface area (Å²) in [4.78, 5) is 12.9. The lowest BCUT2D eigenvalue weighted by Gasteiger charge is -2.67. The Morgan fingerprint density at radius 1 is 0.914 bits per heavy atom. The Morgan fingerprint density at radius 3 is 2.31 bits per heavy atom. The molecule has 7 fully saturated rings. The molecule has 0 aromatic heterocycles. The highest BCUT2D eigenvalue weighted by Crippen LogP contribution is 2.91. The number of Topliss-reactive ketones (excluding diaryl/α,β-unsaturated/α-hetero) is 1. The average molecular weight is 487 g/mol. The van der Waals surface area contributed by atoms with Gasteiger partial charge in [0.1, 0.15) is 11.9 Å². The second kappa shape index (κ2) is 6.55. The minimum Gasteiger partial charge on any atom is -0.393 e. The second-order valence-corrected chi connectivity index (χ2v) is 15.5. The van der Waals surface area contributed by atoms with Gasteiger partial charge in [-0.3, -0.25) is 4.79 Å². The summed E-state index contributed by atoms with van der Waals surface area (Å²) in [6, 6.07) is 0. The van der Waals surface area contributed by atoms with Crippen molar-refractivity contribution in [2.24, 2.45) is 50.7 Å². The molecule has 5 saturated carbocycles. The summed E-state index contributed by atoms with van der Waals surface area (Å²) in [7, 11) is 0. The van der Waals surface area contributed by atoms with Gasteiger partial charge in [-0.25, -0.2) is 0 Å². The maximum atomic E-state index is 12.9. The highest BCUT2D eigenvalue weighted by Gasteiger charge is 2.85. The molecule has 0 bridgehead atoms. The van der Waals surface area contributed by atoms with Crippen LogP contribution in [-0.2, 0) is 14.3 Å². The van der Waals surface area contributed by atoms with Crippen LogP contribution in [0, 0.1) is 50.7 Å². The zero-order chi connectivity index (χ0) is 25.0. The largest absolute Gasteiger partial charge is 0.393 e. The van der Waals surface area contributed by atoms with E-state index in [0.29, 0.717) is 24.0 Å². The minimum absolute atomic E-state index is 0.00373. The third kappa shape index (κ3) is 2.54.